The highest BCUT2D eigenvalue weighted by Gasteiger charge is 2.45. The van der Waals surface area contributed by atoms with E-state index in [1.54, 1.807) is 7.11 Å². The van der Waals surface area contributed by atoms with Gasteiger partial charge in [0.2, 0.25) is 0 Å². The van der Waals surface area contributed by atoms with Crippen molar-refractivity contribution >= 4 is 21.7 Å². The lowest BCUT2D eigenvalue weighted by Gasteiger charge is -2.42. The molecule has 0 amide bonds. The molecular weight excluding hydrogens is 407 g/mol. The van der Waals surface area contributed by atoms with E-state index in [-0.39, 0.29) is 24.0 Å². The molecule has 0 aliphatic rings. The van der Waals surface area contributed by atoms with Gasteiger partial charge in [0, 0.05) is 33.9 Å². The Labute approximate surface area is 180 Å². The molecule has 6 nitrogen and oxygen atoms in total. The molecule has 0 heterocycles. The van der Waals surface area contributed by atoms with Crippen LogP contribution in [0.2, 0.25) is 16.6 Å². The van der Waals surface area contributed by atoms with Gasteiger partial charge in [-0.2, -0.15) is 0 Å². The maximum Gasteiger partial charge on any atom is 0.337 e. The summed E-state index contributed by atoms with van der Waals surface area (Å²) in [4.78, 5) is 12.6. The quantitative estimate of drug-likeness (QED) is 0.227. The Hall–Kier alpha value is -0.0431. The second-order valence-corrected chi connectivity index (χ2v) is 16.7. The number of Topliss-reactive ketones (excluding diaryl/α,β-unsaturated/α-hetero) is 1. The number of rotatable bonds is 15. The van der Waals surface area contributed by atoms with Gasteiger partial charge < -0.3 is 18.2 Å². The highest BCUT2D eigenvalue weighted by Crippen LogP contribution is 2.47. The van der Waals surface area contributed by atoms with E-state index in [0.717, 1.165) is 6.42 Å². The molecule has 0 aromatic carbocycles. The number of carbonyl (C=O) groups is 1. The third-order valence-corrected chi connectivity index (χ3v) is 14.3. The summed E-state index contributed by atoms with van der Waals surface area (Å²) in [5, 5.41) is 0. The van der Waals surface area contributed by atoms with Crippen LogP contribution in [0.5, 0.6) is 0 Å². The Morgan fingerprint density at radius 1 is 0.862 bits per heavy atom. The molecule has 0 aliphatic heterocycles. The summed E-state index contributed by atoms with van der Waals surface area (Å²) in [6.45, 7) is 18.2. The molecule has 0 aliphatic carbocycles. The standard InChI is InChI=1S/C21H45O6PSi/c1-15(2)29(16(3)4,17(5)6)27-13-12-18(7)21(24-9)19(8)20(22)14-28(23,25-10)26-11/h15-19,21H,12-14H2,1-11H3/t18-,19+,21-/m1/s1. The highest BCUT2D eigenvalue weighted by molar-refractivity contribution is 7.54. The van der Waals surface area contributed by atoms with Gasteiger partial charge in [-0.15, -0.1) is 0 Å². The number of ether oxygens (including phenoxy) is 1. The molecule has 0 radical (unpaired) electrons. The number of ketones is 1. The summed E-state index contributed by atoms with van der Waals surface area (Å²) >= 11 is 0. The molecule has 0 N–H and O–H groups in total. The van der Waals surface area contributed by atoms with Gasteiger partial charge in [0.1, 0.15) is 11.9 Å². The van der Waals surface area contributed by atoms with Crippen molar-refractivity contribution in [1.82, 2.24) is 0 Å². The smallest absolute Gasteiger partial charge is 0.337 e. The molecule has 29 heavy (non-hydrogen) atoms. The first kappa shape index (κ1) is 29.0. The highest BCUT2D eigenvalue weighted by atomic mass is 31.2. The molecule has 0 saturated heterocycles. The predicted molar refractivity (Wildman–Crippen MR) is 122 cm³/mol. The van der Waals surface area contributed by atoms with Gasteiger partial charge >= 0.3 is 7.60 Å². The zero-order chi connectivity index (χ0) is 23.0. The minimum Gasteiger partial charge on any atom is -0.416 e. The van der Waals surface area contributed by atoms with Crippen LogP contribution in [-0.4, -0.2) is 54.3 Å². The summed E-state index contributed by atoms with van der Waals surface area (Å²) in [6, 6.07) is 0. The van der Waals surface area contributed by atoms with E-state index in [1.165, 1.54) is 14.2 Å². The zero-order valence-corrected chi connectivity index (χ0v) is 22.4. The average Bonchev–Trinajstić information content (AvgIpc) is 2.64. The van der Waals surface area contributed by atoms with E-state index >= 15 is 0 Å². The molecule has 0 fully saturated rings. The Balaban J connectivity index is 5.09. The van der Waals surface area contributed by atoms with Crippen molar-refractivity contribution in [3.63, 3.8) is 0 Å². The Morgan fingerprint density at radius 3 is 1.66 bits per heavy atom. The maximum absolute atomic E-state index is 12.6. The van der Waals surface area contributed by atoms with Crippen LogP contribution in [0, 0.1) is 11.8 Å². The first-order valence-corrected chi connectivity index (χ1v) is 14.6. The first-order valence-electron chi connectivity index (χ1n) is 10.7. The summed E-state index contributed by atoms with van der Waals surface area (Å²) < 4.78 is 34.4. The fraction of sp³-hybridized carbons (Fsp3) is 0.952. The van der Waals surface area contributed by atoms with Crippen LogP contribution in [0.15, 0.2) is 0 Å². The van der Waals surface area contributed by atoms with Gasteiger partial charge in [-0.05, 0) is 29.0 Å². The number of hydrogen-bond acceptors (Lipinski definition) is 6. The van der Waals surface area contributed by atoms with E-state index in [0.29, 0.717) is 23.2 Å². The molecule has 0 unspecified atom stereocenters. The van der Waals surface area contributed by atoms with Crippen molar-refractivity contribution in [2.45, 2.75) is 84.5 Å². The van der Waals surface area contributed by atoms with Crippen LogP contribution in [0.25, 0.3) is 0 Å². The van der Waals surface area contributed by atoms with Gasteiger partial charge in [0.05, 0.1) is 6.10 Å². The van der Waals surface area contributed by atoms with E-state index in [4.69, 9.17) is 18.2 Å². The molecular formula is C21H45O6PSi. The van der Waals surface area contributed by atoms with Crippen molar-refractivity contribution in [2.24, 2.45) is 11.8 Å². The lowest BCUT2D eigenvalue weighted by atomic mass is 9.89. The molecule has 0 aromatic heterocycles. The van der Waals surface area contributed by atoms with Gasteiger partial charge in [-0.1, -0.05) is 55.4 Å². The number of methoxy groups -OCH3 is 1. The second-order valence-electron chi connectivity index (χ2n) is 9.02. The van der Waals surface area contributed by atoms with Crippen molar-refractivity contribution in [1.29, 1.82) is 0 Å². The summed E-state index contributed by atoms with van der Waals surface area (Å²) in [7, 11) is -1.07. The monoisotopic (exact) mass is 452 g/mol. The fourth-order valence-electron chi connectivity index (χ4n) is 4.74. The largest absolute Gasteiger partial charge is 0.416 e. The van der Waals surface area contributed by atoms with Gasteiger partial charge in [0.15, 0.2) is 8.32 Å². The first-order chi connectivity index (χ1) is 13.3. The summed E-state index contributed by atoms with van der Waals surface area (Å²) in [5.74, 6) is -0.454. The average molecular weight is 453 g/mol. The van der Waals surface area contributed by atoms with Crippen molar-refractivity contribution in [3.05, 3.63) is 0 Å². The molecule has 0 spiro atoms. The molecule has 0 bridgehead atoms. The van der Waals surface area contributed by atoms with Crippen LogP contribution in [0.1, 0.15) is 61.8 Å². The lowest BCUT2D eigenvalue weighted by molar-refractivity contribution is -0.126. The van der Waals surface area contributed by atoms with Crippen LogP contribution in [0.4, 0.5) is 0 Å². The van der Waals surface area contributed by atoms with Gasteiger partial charge in [0.25, 0.3) is 0 Å². The zero-order valence-electron chi connectivity index (χ0n) is 20.5. The number of carbonyl (C=O) groups excluding carboxylic acids is 1. The van der Waals surface area contributed by atoms with E-state index in [2.05, 4.69) is 48.5 Å². The third kappa shape index (κ3) is 7.55. The van der Waals surface area contributed by atoms with Gasteiger partial charge in [-0.3, -0.25) is 9.36 Å². The minimum absolute atomic E-state index is 0.126. The lowest BCUT2D eigenvalue weighted by Crippen LogP contribution is -2.48. The van der Waals surface area contributed by atoms with Crippen molar-refractivity contribution in [2.75, 3.05) is 34.1 Å². The predicted octanol–water partition coefficient (Wildman–Crippen LogP) is 5.91. The van der Waals surface area contributed by atoms with Crippen LogP contribution in [-0.2, 0) is 27.6 Å². The van der Waals surface area contributed by atoms with E-state index in [1.807, 2.05) is 6.92 Å². The molecule has 3 atom stereocenters. The SMILES string of the molecule is CO[C@H]([C@H](C)CCO[Si](C(C)C)(C(C)C)C(C)C)[C@@H](C)C(=O)CP(=O)(OC)OC. The van der Waals surface area contributed by atoms with E-state index in [9.17, 15) is 9.36 Å². The Kier molecular flexibility index (Phi) is 12.7. The topological polar surface area (TPSA) is 71.1 Å². The Bertz CT molecular complexity index is 507. The minimum atomic E-state index is -3.37. The van der Waals surface area contributed by atoms with Crippen LogP contribution < -0.4 is 0 Å². The summed E-state index contributed by atoms with van der Waals surface area (Å²) in [6.07, 6.45) is 0.291. The fourth-order valence-corrected chi connectivity index (χ4v) is 11.3. The number of hydrogen-bond donors (Lipinski definition) is 0. The molecule has 0 saturated carbocycles. The van der Waals surface area contributed by atoms with Crippen molar-refractivity contribution in [3.8, 4) is 0 Å². The second kappa shape index (κ2) is 12.7. The molecule has 174 valence electrons. The Morgan fingerprint density at radius 2 is 1.31 bits per heavy atom. The molecule has 0 aromatic rings. The van der Waals surface area contributed by atoms with E-state index < -0.39 is 21.8 Å². The van der Waals surface area contributed by atoms with Crippen molar-refractivity contribution < 1.29 is 27.6 Å². The van der Waals surface area contributed by atoms with Crippen LogP contribution in [0.3, 0.4) is 0 Å². The summed E-state index contributed by atoms with van der Waals surface area (Å²) in [5.41, 5.74) is 1.61. The van der Waals surface area contributed by atoms with Gasteiger partial charge in [-0.25, -0.2) is 0 Å². The third-order valence-electron chi connectivity index (χ3n) is 6.37. The molecule has 0 rings (SSSR count). The normalized spacial score (nSPS) is 16.5. The van der Waals surface area contributed by atoms with Crippen LogP contribution >= 0.6 is 7.60 Å². The molecule has 8 heteroatoms. The maximum atomic E-state index is 12.6.